The van der Waals surface area contributed by atoms with E-state index in [1.165, 1.54) is 0 Å². The lowest BCUT2D eigenvalue weighted by molar-refractivity contribution is -0.122. The van der Waals surface area contributed by atoms with E-state index in [9.17, 15) is 4.79 Å². The average molecular weight is 515 g/mol. The number of carbonyl (C=O) groups excluding carboxylic acids is 1. The SMILES string of the molecule is COc1cccc(CSc2nnc(CNC(=O)CC(C)CC(C)(C)C)n2-c2cc(Cl)ccc2C)c1. The van der Waals surface area contributed by atoms with Gasteiger partial charge in [0.2, 0.25) is 5.91 Å². The number of aromatic nitrogens is 3. The number of benzene rings is 2. The van der Waals surface area contributed by atoms with Gasteiger partial charge in [-0.3, -0.25) is 9.36 Å². The monoisotopic (exact) mass is 514 g/mol. The van der Waals surface area contributed by atoms with E-state index >= 15 is 0 Å². The van der Waals surface area contributed by atoms with E-state index in [1.54, 1.807) is 18.9 Å². The predicted octanol–water partition coefficient (Wildman–Crippen LogP) is 6.61. The van der Waals surface area contributed by atoms with E-state index in [4.69, 9.17) is 16.3 Å². The molecule has 0 radical (unpaired) electrons. The Kier molecular flexibility index (Phi) is 9.25. The molecule has 6 nitrogen and oxygen atoms in total. The van der Waals surface area contributed by atoms with Gasteiger partial charge in [-0.25, -0.2) is 0 Å². The van der Waals surface area contributed by atoms with Gasteiger partial charge in [-0.1, -0.05) is 69.3 Å². The maximum atomic E-state index is 12.7. The van der Waals surface area contributed by atoms with Crippen LogP contribution in [0.25, 0.3) is 5.69 Å². The predicted molar refractivity (Wildman–Crippen MR) is 143 cm³/mol. The number of hydrogen-bond acceptors (Lipinski definition) is 5. The van der Waals surface area contributed by atoms with Crippen molar-refractivity contribution in [2.75, 3.05) is 7.11 Å². The second kappa shape index (κ2) is 12.0. The fourth-order valence-electron chi connectivity index (χ4n) is 4.17. The van der Waals surface area contributed by atoms with Gasteiger partial charge in [-0.15, -0.1) is 10.2 Å². The summed E-state index contributed by atoms with van der Waals surface area (Å²) in [4.78, 5) is 12.7. The second-order valence-corrected chi connectivity index (χ2v) is 11.5. The number of hydrogen-bond donors (Lipinski definition) is 1. The standard InChI is InChI=1S/C27H35ClN4O2S/c1-18(15-27(3,4)5)12-25(33)29-16-24-30-31-26(32(24)23-14-21(28)11-10-19(23)2)35-17-20-8-7-9-22(13-20)34-6/h7-11,13-14,18H,12,15-17H2,1-6H3,(H,29,33). The zero-order valence-electron chi connectivity index (χ0n) is 21.4. The molecular weight excluding hydrogens is 480 g/mol. The molecule has 3 rings (SSSR count). The molecule has 0 saturated heterocycles. The van der Waals surface area contributed by atoms with E-state index in [2.05, 4.69) is 49.3 Å². The van der Waals surface area contributed by atoms with Crippen molar-refractivity contribution in [3.05, 3.63) is 64.4 Å². The number of ether oxygens (including phenoxy) is 1. The van der Waals surface area contributed by atoms with Crippen LogP contribution in [0.15, 0.2) is 47.6 Å². The Labute approximate surface area is 217 Å². The van der Waals surface area contributed by atoms with Gasteiger partial charge in [-0.05, 0) is 60.1 Å². The summed E-state index contributed by atoms with van der Waals surface area (Å²) in [5.74, 6) is 2.51. The van der Waals surface area contributed by atoms with Crippen LogP contribution >= 0.6 is 23.4 Å². The Morgan fingerprint density at radius 3 is 2.69 bits per heavy atom. The van der Waals surface area contributed by atoms with Crippen molar-refractivity contribution in [2.45, 2.75) is 64.9 Å². The number of nitrogens with zero attached hydrogens (tertiary/aromatic N) is 3. The largest absolute Gasteiger partial charge is 0.497 e. The zero-order chi connectivity index (χ0) is 25.6. The second-order valence-electron chi connectivity index (χ2n) is 10.2. The summed E-state index contributed by atoms with van der Waals surface area (Å²) in [7, 11) is 1.66. The number of rotatable bonds is 10. The average Bonchev–Trinajstić information content (AvgIpc) is 3.19. The number of nitrogens with one attached hydrogen (secondary N) is 1. The normalized spacial score (nSPS) is 12.4. The molecule has 0 saturated carbocycles. The van der Waals surface area contributed by atoms with Gasteiger partial charge in [0.15, 0.2) is 11.0 Å². The summed E-state index contributed by atoms with van der Waals surface area (Å²) in [6, 6.07) is 13.7. The van der Waals surface area contributed by atoms with Crippen molar-refractivity contribution in [2.24, 2.45) is 11.3 Å². The van der Waals surface area contributed by atoms with Crippen molar-refractivity contribution in [1.82, 2.24) is 20.1 Å². The Hall–Kier alpha value is -2.51. The number of carbonyl (C=O) groups is 1. The molecule has 0 aliphatic rings. The lowest BCUT2D eigenvalue weighted by Gasteiger charge is -2.22. The zero-order valence-corrected chi connectivity index (χ0v) is 23.0. The molecule has 8 heteroatoms. The maximum Gasteiger partial charge on any atom is 0.220 e. The van der Waals surface area contributed by atoms with E-state index in [1.807, 2.05) is 47.9 Å². The van der Waals surface area contributed by atoms with E-state index in [-0.39, 0.29) is 11.3 Å². The van der Waals surface area contributed by atoms with Crippen LogP contribution < -0.4 is 10.1 Å². The van der Waals surface area contributed by atoms with Crippen LogP contribution in [-0.2, 0) is 17.1 Å². The van der Waals surface area contributed by atoms with Crippen molar-refractivity contribution in [1.29, 1.82) is 0 Å². The third-order valence-corrected chi connectivity index (χ3v) is 6.79. The van der Waals surface area contributed by atoms with Gasteiger partial charge < -0.3 is 10.1 Å². The topological polar surface area (TPSA) is 69.0 Å². The molecule has 0 fully saturated rings. The fraction of sp³-hybridized carbons (Fsp3) is 0.444. The highest BCUT2D eigenvalue weighted by atomic mass is 35.5. The first-order valence-corrected chi connectivity index (χ1v) is 13.2. The van der Waals surface area contributed by atoms with Crippen LogP contribution in [0.4, 0.5) is 0 Å². The van der Waals surface area contributed by atoms with Gasteiger partial charge in [0.05, 0.1) is 19.3 Å². The minimum atomic E-state index is 0.0182. The summed E-state index contributed by atoms with van der Waals surface area (Å²) in [6.07, 6.45) is 1.47. The molecule has 1 atom stereocenters. The van der Waals surface area contributed by atoms with Crippen LogP contribution in [0.2, 0.25) is 5.02 Å². The number of methoxy groups -OCH3 is 1. The maximum absolute atomic E-state index is 12.7. The van der Waals surface area contributed by atoms with Crippen molar-refractivity contribution in [3.63, 3.8) is 0 Å². The minimum Gasteiger partial charge on any atom is -0.497 e. The molecule has 188 valence electrons. The van der Waals surface area contributed by atoms with Crippen molar-refractivity contribution in [3.8, 4) is 11.4 Å². The van der Waals surface area contributed by atoms with Crippen molar-refractivity contribution < 1.29 is 9.53 Å². The third kappa shape index (κ3) is 8.00. The number of halogens is 1. The van der Waals surface area contributed by atoms with E-state index < -0.39 is 0 Å². The highest BCUT2D eigenvalue weighted by Gasteiger charge is 2.20. The first kappa shape index (κ1) is 27.1. The lowest BCUT2D eigenvalue weighted by Crippen LogP contribution is -2.27. The minimum absolute atomic E-state index is 0.0182. The summed E-state index contributed by atoms with van der Waals surface area (Å²) in [5.41, 5.74) is 3.26. The number of thioether (sulfide) groups is 1. The Balaban J connectivity index is 1.80. The van der Waals surface area contributed by atoms with Gasteiger partial charge >= 0.3 is 0 Å². The molecule has 3 aromatic rings. The summed E-state index contributed by atoms with van der Waals surface area (Å²) >= 11 is 7.92. The molecule has 1 N–H and O–H groups in total. The van der Waals surface area contributed by atoms with Gasteiger partial charge in [0.1, 0.15) is 5.75 Å². The molecule has 0 bridgehead atoms. The molecule has 0 aliphatic carbocycles. The number of amides is 1. The molecule has 1 unspecified atom stereocenters. The van der Waals surface area contributed by atoms with Crippen LogP contribution in [-0.4, -0.2) is 27.8 Å². The van der Waals surface area contributed by atoms with Crippen LogP contribution in [0.1, 0.15) is 57.5 Å². The molecule has 1 amide bonds. The van der Waals surface area contributed by atoms with Gasteiger partial charge in [0, 0.05) is 17.2 Å². The smallest absolute Gasteiger partial charge is 0.220 e. The highest BCUT2D eigenvalue weighted by Crippen LogP contribution is 2.29. The molecular formula is C27H35ClN4O2S. The lowest BCUT2D eigenvalue weighted by atomic mass is 9.84. The molecule has 1 aromatic heterocycles. The Bertz CT molecular complexity index is 1160. The highest BCUT2D eigenvalue weighted by molar-refractivity contribution is 7.98. The summed E-state index contributed by atoms with van der Waals surface area (Å²) in [5, 5.41) is 13.3. The third-order valence-electron chi connectivity index (χ3n) is 5.55. The van der Waals surface area contributed by atoms with Gasteiger partial charge in [-0.2, -0.15) is 0 Å². The van der Waals surface area contributed by atoms with E-state index in [0.717, 1.165) is 34.1 Å². The molecule has 35 heavy (non-hydrogen) atoms. The molecule has 0 spiro atoms. The van der Waals surface area contributed by atoms with Crippen molar-refractivity contribution >= 4 is 29.3 Å². The van der Waals surface area contributed by atoms with Gasteiger partial charge in [0.25, 0.3) is 0 Å². The Morgan fingerprint density at radius 1 is 1.20 bits per heavy atom. The van der Waals surface area contributed by atoms with Crippen LogP contribution in [0.5, 0.6) is 5.75 Å². The Morgan fingerprint density at radius 2 is 1.97 bits per heavy atom. The molecule has 2 aromatic carbocycles. The van der Waals surface area contributed by atoms with Crippen LogP contribution in [0.3, 0.4) is 0 Å². The summed E-state index contributed by atoms with van der Waals surface area (Å²) < 4.78 is 7.33. The molecule has 0 aliphatic heterocycles. The first-order valence-electron chi connectivity index (χ1n) is 11.8. The van der Waals surface area contributed by atoms with E-state index in [0.29, 0.717) is 35.5 Å². The molecule has 1 heterocycles. The fourth-order valence-corrected chi connectivity index (χ4v) is 5.24. The van der Waals surface area contributed by atoms with Crippen LogP contribution in [0, 0.1) is 18.3 Å². The number of aryl methyl sites for hydroxylation is 1. The first-order chi connectivity index (χ1) is 16.6. The summed E-state index contributed by atoms with van der Waals surface area (Å²) in [6.45, 7) is 11.0. The quantitative estimate of drug-likeness (QED) is 0.308.